The van der Waals surface area contributed by atoms with Crippen molar-refractivity contribution in [3.63, 3.8) is 0 Å². The fourth-order valence-electron chi connectivity index (χ4n) is 4.85. The van der Waals surface area contributed by atoms with Gasteiger partial charge in [0.2, 0.25) is 0 Å². The maximum Gasteiger partial charge on any atom is 0.303 e. The minimum atomic E-state index is -0.793. The van der Waals surface area contributed by atoms with Crippen molar-refractivity contribution in [3.8, 4) is 0 Å². The molecule has 0 saturated carbocycles. The van der Waals surface area contributed by atoms with E-state index in [9.17, 15) is 9.59 Å². The Morgan fingerprint density at radius 2 is 1.68 bits per heavy atom. The number of amides is 1. The Bertz CT molecular complexity index is 1250. The molecule has 0 saturated heterocycles. The monoisotopic (exact) mass is 556 g/mol. The number of fused-ring (bicyclic) bond motifs is 1. The molecule has 1 amide bonds. The van der Waals surface area contributed by atoms with E-state index in [-0.39, 0.29) is 24.4 Å². The van der Waals surface area contributed by atoms with E-state index in [1.165, 1.54) is 0 Å². The molecule has 0 radical (unpaired) electrons. The fourth-order valence-corrected chi connectivity index (χ4v) is 5.55. The predicted octanol–water partition coefficient (Wildman–Crippen LogP) is 7.73. The third-order valence-electron chi connectivity index (χ3n) is 6.83. The Kier molecular flexibility index (Phi) is 9.06. The van der Waals surface area contributed by atoms with E-state index in [1.807, 2.05) is 84.8 Å². The van der Waals surface area contributed by atoms with Crippen LogP contribution >= 0.6 is 35.0 Å². The third-order valence-corrected chi connectivity index (χ3v) is 8.06. The minimum absolute atomic E-state index is 0.0404. The Labute approximate surface area is 232 Å². The van der Waals surface area contributed by atoms with Crippen molar-refractivity contribution in [3.05, 3.63) is 93.5 Å². The second-order valence-electron chi connectivity index (χ2n) is 9.19. The zero-order valence-corrected chi connectivity index (χ0v) is 23.2. The maximum absolute atomic E-state index is 14.4. The van der Waals surface area contributed by atoms with Gasteiger partial charge >= 0.3 is 5.97 Å². The van der Waals surface area contributed by atoms with Crippen molar-refractivity contribution in [1.29, 1.82) is 0 Å². The van der Waals surface area contributed by atoms with Gasteiger partial charge in [0.25, 0.3) is 5.91 Å². The summed E-state index contributed by atoms with van der Waals surface area (Å²) in [4.78, 5) is 30.6. The molecule has 0 aromatic heterocycles. The van der Waals surface area contributed by atoms with Gasteiger partial charge in [-0.3, -0.25) is 9.59 Å². The van der Waals surface area contributed by atoms with Gasteiger partial charge in [0, 0.05) is 40.1 Å². The van der Waals surface area contributed by atoms with Gasteiger partial charge in [-0.2, -0.15) is 0 Å². The number of unbranched alkanes of at least 4 members (excludes halogenated alkanes) is 1. The number of carbonyl (C=O) groups is 2. The van der Waals surface area contributed by atoms with Crippen LogP contribution in [0.1, 0.15) is 59.8 Å². The molecule has 1 heterocycles. The molecule has 1 N–H and O–H groups in total. The molecule has 1 aliphatic heterocycles. The van der Waals surface area contributed by atoms with E-state index >= 15 is 0 Å². The number of nitrogens with zero attached hydrogens (tertiary/aromatic N) is 2. The SMILES string of the molecule is CSc1ccc2c(c1)C(=O)N([C@H](C)c1ccc(Cl)cc1)[C@@H](c1ccc(Cl)cc1)CN2CCCCC(=O)O. The van der Waals surface area contributed by atoms with Gasteiger partial charge in [0.1, 0.15) is 0 Å². The lowest BCUT2D eigenvalue weighted by Gasteiger charge is -2.37. The van der Waals surface area contributed by atoms with Crippen LogP contribution in [-0.2, 0) is 4.79 Å². The molecular formula is C29H30Cl2N2O3S. The third kappa shape index (κ3) is 6.43. The van der Waals surface area contributed by atoms with Crippen LogP contribution in [0.4, 0.5) is 5.69 Å². The summed E-state index contributed by atoms with van der Waals surface area (Å²) in [5.74, 6) is -0.834. The molecule has 0 aliphatic carbocycles. The van der Waals surface area contributed by atoms with Crippen LogP contribution in [0, 0.1) is 0 Å². The Hall–Kier alpha value is -2.67. The number of carboxylic acids is 1. The van der Waals surface area contributed by atoms with Gasteiger partial charge < -0.3 is 14.9 Å². The van der Waals surface area contributed by atoms with Gasteiger partial charge in [0.05, 0.1) is 17.6 Å². The molecule has 8 heteroatoms. The van der Waals surface area contributed by atoms with Crippen LogP contribution in [0.25, 0.3) is 0 Å². The van der Waals surface area contributed by atoms with Crippen molar-refractivity contribution in [2.75, 3.05) is 24.2 Å². The summed E-state index contributed by atoms with van der Waals surface area (Å²) in [6.07, 6.45) is 3.42. The van der Waals surface area contributed by atoms with Crippen LogP contribution in [0.5, 0.6) is 0 Å². The summed E-state index contributed by atoms with van der Waals surface area (Å²) in [5, 5.41) is 10.4. The summed E-state index contributed by atoms with van der Waals surface area (Å²) >= 11 is 14.0. The highest BCUT2D eigenvalue weighted by atomic mass is 35.5. The zero-order chi connectivity index (χ0) is 26.5. The number of benzene rings is 3. The van der Waals surface area contributed by atoms with E-state index in [1.54, 1.807) is 11.8 Å². The molecule has 5 nitrogen and oxygen atoms in total. The molecule has 4 rings (SSSR count). The van der Waals surface area contributed by atoms with E-state index in [0.717, 1.165) is 21.7 Å². The second kappa shape index (κ2) is 12.2. The molecule has 0 fully saturated rings. The standard InChI is InChI=1S/C29H30Cl2N2O3S/c1-19(20-6-10-22(30)11-7-20)33-27(21-8-12-23(31)13-9-21)18-32(16-4-3-5-28(34)35)26-15-14-24(37-2)17-25(26)29(33)36/h6-15,17,19,27H,3-5,16,18H2,1-2H3,(H,34,35)/t19-,27-/m1/s1. The number of rotatable bonds is 9. The average molecular weight is 558 g/mol. The van der Waals surface area contributed by atoms with E-state index in [2.05, 4.69) is 4.90 Å². The summed E-state index contributed by atoms with van der Waals surface area (Å²) < 4.78 is 0. The number of hydrogen-bond donors (Lipinski definition) is 1. The normalized spacial score (nSPS) is 16.3. The number of carbonyl (C=O) groups excluding carboxylic acids is 1. The van der Waals surface area contributed by atoms with Gasteiger partial charge in [0.15, 0.2) is 0 Å². The van der Waals surface area contributed by atoms with Gasteiger partial charge in [-0.25, -0.2) is 0 Å². The fraction of sp³-hybridized carbons (Fsp3) is 0.310. The van der Waals surface area contributed by atoms with Crippen LogP contribution < -0.4 is 4.90 Å². The molecule has 37 heavy (non-hydrogen) atoms. The van der Waals surface area contributed by atoms with Crippen LogP contribution in [0.2, 0.25) is 10.0 Å². The largest absolute Gasteiger partial charge is 0.481 e. The topological polar surface area (TPSA) is 60.9 Å². The molecule has 1 aliphatic rings. The summed E-state index contributed by atoms with van der Waals surface area (Å²) in [5.41, 5.74) is 3.52. The second-order valence-corrected chi connectivity index (χ2v) is 10.9. The lowest BCUT2D eigenvalue weighted by Crippen LogP contribution is -2.40. The van der Waals surface area contributed by atoms with E-state index in [0.29, 0.717) is 41.5 Å². The number of anilines is 1. The Balaban J connectivity index is 1.80. The summed E-state index contributed by atoms with van der Waals surface area (Å²) in [7, 11) is 0. The number of thioether (sulfide) groups is 1. The summed E-state index contributed by atoms with van der Waals surface area (Å²) in [6, 6.07) is 20.9. The average Bonchev–Trinajstić information content (AvgIpc) is 3.01. The lowest BCUT2D eigenvalue weighted by molar-refractivity contribution is -0.137. The predicted molar refractivity (Wildman–Crippen MR) is 152 cm³/mol. The first-order chi connectivity index (χ1) is 17.8. The number of halogens is 2. The van der Waals surface area contributed by atoms with Gasteiger partial charge in [-0.05, 0) is 79.6 Å². The highest BCUT2D eigenvalue weighted by Gasteiger charge is 2.37. The van der Waals surface area contributed by atoms with Crippen molar-refractivity contribution < 1.29 is 14.7 Å². The first-order valence-corrected chi connectivity index (χ1v) is 14.2. The summed E-state index contributed by atoms with van der Waals surface area (Å²) in [6.45, 7) is 3.27. The molecule has 0 spiro atoms. The zero-order valence-electron chi connectivity index (χ0n) is 20.9. The smallest absolute Gasteiger partial charge is 0.303 e. The molecule has 194 valence electrons. The highest BCUT2D eigenvalue weighted by Crippen LogP contribution is 2.40. The molecule has 3 aromatic rings. The number of aliphatic carboxylic acids is 1. The minimum Gasteiger partial charge on any atom is -0.481 e. The van der Waals surface area contributed by atoms with Crippen LogP contribution in [0.15, 0.2) is 71.6 Å². The Morgan fingerprint density at radius 3 is 2.30 bits per heavy atom. The molecule has 0 unspecified atom stereocenters. The highest BCUT2D eigenvalue weighted by molar-refractivity contribution is 7.98. The maximum atomic E-state index is 14.4. The number of hydrogen-bond acceptors (Lipinski definition) is 4. The first-order valence-electron chi connectivity index (χ1n) is 12.3. The van der Waals surface area contributed by atoms with Crippen molar-refractivity contribution in [2.45, 2.75) is 43.2 Å². The van der Waals surface area contributed by atoms with Crippen molar-refractivity contribution >= 4 is 52.5 Å². The van der Waals surface area contributed by atoms with Crippen molar-refractivity contribution in [1.82, 2.24) is 4.90 Å². The quantitative estimate of drug-likeness (QED) is 0.216. The molecule has 0 bridgehead atoms. The Morgan fingerprint density at radius 1 is 1.03 bits per heavy atom. The van der Waals surface area contributed by atoms with Crippen LogP contribution in [0.3, 0.4) is 0 Å². The molecule has 2 atom stereocenters. The van der Waals surface area contributed by atoms with Gasteiger partial charge in [-0.1, -0.05) is 47.5 Å². The van der Waals surface area contributed by atoms with Gasteiger partial charge in [-0.15, -0.1) is 11.8 Å². The van der Waals surface area contributed by atoms with E-state index < -0.39 is 5.97 Å². The lowest BCUT2D eigenvalue weighted by atomic mass is 9.99. The van der Waals surface area contributed by atoms with E-state index in [4.69, 9.17) is 28.3 Å². The first kappa shape index (κ1) is 27.4. The van der Waals surface area contributed by atoms with Crippen LogP contribution in [-0.4, -0.2) is 41.2 Å². The number of carboxylic acid groups (broad SMARTS) is 1. The molecule has 3 aromatic carbocycles. The molecular weight excluding hydrogens is 527 g/mol. The van der Waals surface area contributed by atoms with Crippen molar-refractivity contribution in [2.24, 2.45) is 0 Å².